The number of nitrogens with zero attached hydrogens (tertiary/aromatic N) is 4. The Bertz CT molecular complexity index is 335. The summed E-state index contributed by atoms with van der Waals surface area (Å²) in [6, 6.07) is 0.687. The molecule has 0 amide bonds. The van der Waals surface area contributed by atoms with Gasteiger partial charge in [0.25, 0.3) is 0 Å². The van der Waals surface area contributed by atoms with Crippen molar-refractivity contribution in [3.8, 4) is 0 Å². The molecule has 2 heterocycles. The van der Waals surface area contributed by atoms with Crippen LogP contribution < -0.4 is 5.32 Å². The van der Waals surface area contributed by atoms with Crippen LogP contribution in [0.2, 0.25) is 0 Å². The van der Waals surface area contributed by atoms with E-state index in [9.17, 15) is 0 Å². The Morgan fingerprint density at radius 1 is 1.53 bits per heavy atom. The van der Waals surface area contributed by atoms with E-state index in [0.717, 1.165) is 25.3 Å². The van der Waals surface area contributed by atoms with Gasteiger partial charge in [0.2, 0.25) is 0 Å². The van der Waals surface area contributed by atoms with E-state index in [0.29, 0.717) is 6.04 Å². The number of hydrogen-bond donors (Lipinski definition) is 1. The van der Waals surface area contributed by atoms with E-state index in [1.54, 1.807) is 11.0 Å². The van der Waals surface area contributed by atoms with Crippen molar-refractivity contribution in [1.82, 2.24) is 25.0 Å². The topological polar surface area (TPSA) is 46.0 Å². The maximum absolute atomic E-state index is 4.30. The summed E-state index contributed by atoms with van der Waals surface area (Å²) in [7, 11) is 1.91. The van der Waals surface area contributed by atoms with Crippen LogP contribution >= 0.6 is 0 Å². The molecule has 17 heavy (non-hydrogen) atoms. The molecule has 1 aromatic rings. The van der Waals surface area contributed by atoms with Crippen molar-refractivity contribution in [2.45, 2.75) is 32.2 Å². The van der Waals surface area contributed by atoms with E-state index in [4.69, 9.17) is 0 Å². The SMILES string of the molecule is CCCNC1CCN(CCc2ncn(C)n2)C1. The molecule has 5 heteroatoms. The van der Waals surface area contributed by atoms with Crippen LogP contribution in [0, 0.1) is 0 Å². The van der Waals surface area contributed by atoms with Crippen molar-refractivity contribution in [1.29, 1.82) is 0 Å². The lowest BCUT2D eigenvalue weighted by atomic mass is 10.2. The Morgan fingerprint density at radius 2 is 2.41 bits per heavy atom. The van der Waals surface area contributed by atoms with Gasteiger partial charge in [0, 0.05) is 32.6 Å². The molecule has 1 atom stereocenters. The Morgan fingerprint density at radius 3 is 3.12 bits per heavy atom. The van der Waals surface area contributed by atoms with Gasteiger partial charge in [-0.25, -0.2) is 4.98 Å². The lowest BCUT2D eigenvalue weighted by Gasteiger charge is -2.15. The van der Waals surface area contributed by atoms with Crippen molar-refractivity contribution in [3.63, 3.8) is 0 Å². The quantitative estimate of drug-likeness (QED) is 0.779. The Labute approximate surface area is 103 Å². The highest BCUT2D eigenvalue weighted by Gasteiger charge is 2.21. The molecule has 96 valence electrons. The van der Waals surface area contributed by atoms with Crippen LogP contribution in [-0.4, -0.2) is 51.9 Å². The number of aryl methyl sites for hydroxylation is 1. The molecular weight excluding hydrogens is 214 g/mol. The largest absolute Gasteiger partial charge is 0.313 e. The lowest BCUT2D eigenvalue weighted by molar-refractivity contribution is 0.329. The fourth-order valence-corrected chi connectivity index (χ4v) is 2.31. The van der Waals surface area contributed by atoms with Crippen molar-refractivity contribution in [3.05, 3.63) is 12.2 Å². The maximum Gasteiger partial charge on any atom is 0.151 e. The summed E-state index contributed by atoms with van der Waals surface area (Å²) in [5, 5.41) is 7.89. The molecule has 5 nitrogen and oxygen atoms in total. The summed E-state index contributed by atoms with van der Waals surface area (Å²) in [4.78, 5) is 6.76. The molecule has 0 spiro atoms. The molecule has 1 fully saturated rings. The lowest BCUT2D eigenvalue weighted by Crippen LogP contribution is -2.33. The first kappa shape index (κ1) is 12.5. The van der Waals surface area contributed by atoms with Gasteiger partial charge in [0.1, 0.15) is 6.33 Å². The fraction of sp³-hybridized carbons (Fsp3) is 0.833. The van der Waals surface area contributed by atoms with Crippen LogP contribution in [0.3, 0.4) is 0 Å². The number of aromatic nitrogens is 3. The van der Waals surface area contributed by atoms with Crippen LogP contribution in [0.4, 0.5) is 0 Å². The van der Waals surface area contributed by atoms with E-state index in [1.807, 2.05) is 7.05 Å². The average Bonchev–Trinajstić information content (AvgIpc) is 2.93. The highest BCUT2D eigenvalue weighted by atomic mass is 15.3. The van der Waals surface area contributed by atoms with Gasteiger partial charge >= 0.3 is 0 Å². The van der Waals surface area contributed by atoms with Gasteiger partial charge in [-0.1, -0.05) is 6.92 Å². The molecule has 1 saturated heterocycles. The molecule has 1 N–H and O–H groups in total. The third kappa shape index (κ3) is 3.78. The summed E-state index contributed by atoms with van der Waals surface area (Å²) < 4.78 is 1.77. The standard InChI is InChI=1S/C12H23N5/c1-3-6-13-11-4-7-17(9-11)8-5-12-14-10-16(2)15-12/h10-11,13H,3-9H2,1-2H3. The summed E-state index contributed by atoms with van der Waals surface area (Å²) in [6.07, 6.45) is 5.22. The molecule has 1 aliphatic rings. The molecular formula is C12H23N5. The molecule has 0 radical (unpaired) electrons. The first-order valence-electron chi connectivity index (χ1n) is 6.58. The molecule has 0 aliphatic carbocycles. The number of rotatable bonds is 6. The predicted octanol–water partition coefficient (Wildman–Crippen LogP) is 0.431. The van der Waals surface area contributed by atoms with Crippen LogP contribution in [0.15, 0.2) is 6.33 Å². The smallest absolute Gasteiger partial charge is 0.151 e. The minimum absolute atomic E-state index is 0.687. The van der Waals surface area contributed by atoms with Crippen LogP contribution in [0.5, 0.6) is 0 Å². The average molecular weight is 237 g/mol. The second-order valence-electron chi connectivity index (χ2n) is 4.82. The molecule has 0 bridgehead atoms. The third-order valence-corrected chi connectivity index (χ3v) is 3.25. The van der Waals surface area contributed by atoms with Crippen molar-refractivity contribution < 1.29 is 0 Å². The van der Waals surface area contributed by atoms with Crippen LogP contribution in [0.25, 0.3) is 0 Å². The van der Waals surface area contributed by atoms with E-state index in [1.165, 1.54) is 25.9 Å². The first-order valence-corrected chi connectivity index (χ1v) is 6.58. The van der Waals surface area contributed by atoms with E-state index in [-0.39, 0.29) is 0 Å². The van der Waals surface area contributed by atoms with Gasteiger partial charge in [-0.2, -0.15) is 5.10 Å². The highest BCUT2D eigenvalue weighted by Crippen LogP contribution is 2.09. The minimum atomic E-state index is 0.687. The van der Waals surface area contributed by atoms with Crippen molar-refractivity contribution >= 4 is 0 Å². The second-order valence-corrected chi connectivity index (χ2v) is 4.82. The Balaban J connectivity index is 1.67. The summed E-state index contributed by atoms with van der Waals surface area (Å²) in [5.41, 5.74) is 0. The van der Waals surface area contributed by atoms with Gasteiger partial charge in [0.05, 0.1) is 0 Å². The molecule has 0 saturated carbocycles. The van der Waals surface area contributed by atoms with Gasteiger partial charge in [0.15, 0.2) is 5.82 Å². The van der Waals surface area contributed by atoms with Gasteiger partial charge in [-0.05, 0) is 25.9 Å². The minimum Gasteiger partial charge on any atom is -0.313 e. The van der Waals surface area contributed by atoms with Gasteiger partial charge < -0.3 is 10.2 Å². The molecule has 0 aromatic carbocycles. The molecule has 2 rings (SSSR count). The fourth-order valence-electron chi connectivity index (χ4n) is 2.31. The van der Waals surface area contributed by atoms with Crippen LogP contribution in [-0.2, 0) is 13.5 Å². The first-order chi connectivity index (χ1) is 8.28. The van der Waals surface area contributed by atoms with Crippen molar-refractivity contribution in [2.24, 2.45) is 7.05 Å². The summed E-state index contributed by atoms with van der Waals surface area (Å²) in [6.45, 7) is 6.81. The molecule has 1 aromatic heterocycles. The Hall–Kier alpha value is -0.940. The van der Waals surface area contributed by atoms with E-state index >= 15 is 0 Å². The number of hydrogen-bond acceptors (Lipinski definition) is 4. The highest BCUT2D eigenvalue weighted by molar-refractivity contribution is 4.86. The molecule has 1 unspecified atom stereocenters. The van der Waals surface area contributed by atoms with Crippen molar-refractivity contribution in [2.75, 3.05) is 26.2 Å². The maximum atomic E-state index is 4.30. The summed E-state index contributed by atoms with van der Waals surface area (Å²) >= 11 is 0. The van der Waals surface area contributed by atoms with Gasteiger partial charge in [-0.15, -0.1) is 0 Å². The Kier molecular flexibility index (Phi) is 4.50. The number of likely N-dealkylation sites (tertiary alicyclic amines) is 1. The zero-order chi connectivity index (χ0) is 12.1. The normalized spacial score (nSPS) is 21.2. The summed E-state index contributed by atoms with van der Waals surface area (Å²) in [5.74, 6) is 0.956. The zero-order valence-corrected chi connectivity index (χ0v) is 10.9. The molecule has 1 aliphatic heterocycles. The second kappa shape index (κ2) is 6.12. The number of nitrogens with one attached hydrogen (secondary N) is 1. The van der Waals surface area contributed by atoms with Crippen LogP contribution in [0.1, 0.15) is 25.6 Å². The van der Waals surface area contributed by atoms with E-state index < -0.39 is 0 Å². The zero-order valence-electron chi connectivity index (χ0n) is 10.9. The van der Waals surface area contributed by atoms with Gasteiger partial charge in [-0.3, -0.25) is 4.68 Å². The third-order valence-electron chi connectivity index (χ3n) is 3.25. The monoisotopic (exact) mass is 237 g/mol. The van der Waals surface area contributed by atoms with E-state index in [2.05, 4.69) is 27.2 Å². The predicted molar refractivity (Wildman–Crippen MR) is 67.8 cm³/mol.